The van der Waals surface area contributed by atoms with E-state index in [4.69, 9.17) is 5.11 Å². The highest BCUT2D eigenvalue weighted by molar-refractivity contribution is 5.86. The van der Waals surface area contributed by atoms with Crippen molar-refractivity contribution in [2.24, 2.45) is 5.92 Å². The van der Waals surface area contributed by atoms with Crippen molar-refractivity contribution in [3.63, 3.8) is 0 Å². The van der Waals surface area contributed by atoms with Gasteiger partial charge in [0.05, 0.1) is 0 Å². The van der Waals surface area contributed by atoms with Crippen LogP contribution in [0.2, 0.25) is 0 Å². The Labute approximate surface area is 83.0 Å². The van der Waals surface area contributed by atoms with Gasteiger partial charge in [-0.3, -0.25) is 0 Å². The van der Waals surface area contributed by atoms with Gasteiger partial charge < -0.3 is 5.11 Å². The second-order valence-electron chi connectivity index (χ2n) is 3.72. The van der Waals surface area contributed by atoms with Gasteiger partial charge in [0.25, 0.3) is 0 Å². The first-order chi connectivity index (χ1) is 6.50. The summed E-state index contributed by atoms with van der Waals surface area (Å²) in [6.07, 6.45) is 2.27. The summed E-state index contributed by atoms with van der Waals surface area (Å²) in [5, 5.41) is 8.83. The smallest absolute Gasteiger partial charge is 0.354 e. The number of nitrogens with zero attached hydrogens (tertiary/aromatic N) is 2. The Kier molecular flexibility index (Phi) is 3.17. The molecule has 0 aromatic carbocycles. The molecule has 1 N–H and O–H groups in total. The molecule has 76 valence electrons. The standard InChI is InChI=1S/C10H14N2O2/c1-6(2)4-8-11-5-7(3)9(12-8)10(13)14/h5-6H,4H2,1-3H3,(H,13,14). The second-order valence-corrected chi connectivity index (χ2v) is 3.72. The van der Waals surface area contributed by atoms with Gasteiger partial charge in [0.2, 0.25) is 0 Å². The van der Waals surface area contributed by atoms with Crippen LogP contribution in [0, 0.1) is 12.8 Å². The monoisotopic (exact) mass is 194 g/mol. The van der Waals surface area contributed by atoms with Gasteiger partial charge in [0.1, 0.15) is 5.82 Å². The van der Waals surface area contributed by atoms with E-state index in [0.29, 0.717) is 23.7 Å². The number of carbonyl (C=O) groups is 1. The third-order valence-corrected chi connectivity index (χ3v) is 1.82. The number of aryl methyl sites for hydroxylation is 1. The second kappa shape index (κ2) is 4.17. The van der Waals surface area contributed by atoms with E-state index in [0.717, 1.165) is 0 Å². The van der Waals surface area contributed by atoms with Crippen molar-refractivity contribution < 1.29 is 9.90 Å². The molecule has 0 saturated heterocycles. The predicted octanol–water partition coefficient (Wildman–Crippen LogP) is 1.68. The maximum absolute atomic E-state index is 10.8. The summed E-state index contributed by atoms with van der Waals surface area (Å²) in [4.78, 5) is 18.9. The van der Waals surface area contributed by atoms with E-state index < -0.39 is 5.97 Å². The molecule has 0 atom stereocenters. The molecule has 1 aromatic rings. The van der Waals surface area contributed by atoms with Crippen LogP contribution in [0.25, 0.3) is 0 Å². The summed E-state index contributed by atoms with van der Waals surface area (Å²) in [6.45, 7) is 5.79. The van der Waals surface area contributed by atoms with Crippen LogP contribution < -0.4 is 0 Å². The molecule has 1 aromatic heterocycles. The zero-order valence-electron chi connectivity index (χ0n) is 8.61. The summed E-state index contributed by atoms with van der Waals surface area (Å²) >= 11 is 0. The lowest BCUT2D eigenvalue weighted by molar-refractivity contribution is 0.0689. The van der Waals surface area contributed by atoms with Crippen LogP contribution >= 0.6 is 0 Å². The maximum atomic E-state index is 10.8. The summed E-state index contributed by atoms with van der Waals surface area (Å²) in [7, 11) is 0. The van der Waals surface area contributed by atoms with Crippen molar-refractivity contribution in [2.75, 3.05) is 0 Å². The highest BCUT2D eigenvalue weighted by atomic mass is 16.4. The predicted molar refractivity (Wildman–Crippen MR) is 52.3 cm³/mol. The molecule has 1 heterocycles. The van der Waals surface area contributed by atoms with Crippen LogP contribution in [0.5, 0.6) is 0 Å². The lowest BCUT2D eigenvalue weighted by Crippen LogP contribution is -2.09. The van der Waals surface area contributed by atoms with E-state index in [1.54, 1.807) is 13.1 Å². The SMILES string of the molecule is Cc1cnc(CC(C)C)nc1C(=O)O. The first kappa shape index (κ1) is 10.6. The highest BCUT2D eigenvalue weighted by Gasteiger charge is 2.11. The first-order valence-corrected chi connectivity index (χ1v) is 4.56. The van der Waals surface area contributed by atoms with E-state index in [9.17, 15) is 4.79 Å². The molecule has 0 radical (unpaired) electrons. The lowest BCUT2D eigenvalue weighted by Gasteiger charge is -2.05. The van der Waals surface area contributed by atoms with Crippen molar-refractivity contribution in [3.05, 3.63) is 23.3 Å². The number of rotatable bonds is 3. The zero-order valence-corrected chi connectivity index (χ0v) is 8.61. The minimum Gasteiger partial charge on any atom is -0.477 e. The number of hydrogen-bond acceptors (Lipinski definition) is 3. The molecule has 0 aliphatic heterocycles. The van der Waals surface area contributed by atoms with E-state index in [1.165, 1.54) is 0 Å². The summed E-state index contributed by atoms with van der Waals surface area (Å²) < 4.78 is 0. The van der Waals surface area contributed by atoms with Crippen LogP contribution in [-0.2, 0) is 6.42 Å². The van der Waals surface area contributed by atoms with Gasteiger partial charge in [-0.15, -0.1) is 0 Å². The number of hydrogen-bond donors (Lipinski definition) is 1. The molecular formula is C10H14N2O2. The van der Waals surface area contributed by atoms with Gasteiger partial charge in [-0.2, -0.15) is 0 Å². The fraction of sp³-hybridized carbons (Fsp3) is 0.500. The van der Waals surface area contributed by atoms with E-state index >= 15 is 0 Å². The van der Waals surface area contributed by atoms with Crippen LogP contribution in [-0.4, -0.2) is 21.0 Å². The molecule has 0 aliphatic rings. The number of carboxylic acids is 1. The Balaban J connectivity index is 3.00. The molecule has 0 spiro atoms. The molecule has 1 rings (SSSR count). The minimum atomic E-state index is -0.991. The Morgan fingerprint density at radius 1 is 1.57 bits per heavy atom. The van der Waals surface area contributed by atoms with Crippen LogP contribution in [0.4, 0.5) is 0 Å². The number of aromatic carboxylic acids is 1. The Morgan fingerprint density at radius 3 is 2.71 bits per heavy atom. The summed E-state index contributed by atoms with van der Waals surface area (Å²) in [5.41, 5.74) is 0.709. The van der Waals surface area contributed by atoms with Gasteiger partial charge in [-0.05, 0) is 12.8 Å². The molecule has 0 amide bonds. The number of carboxylic acid groups (broad SMARTS) is 1. The van der Waals surface area contributed by atoms with Gasteiger partial charge in [0, 0.05) is 18.2 Å². The molecule has 0 unspecified atom stereocenters. The lowest BCUT2D eigenvalue weighted by atomic mass is 10.1. The van der Waals surface area contributed by atoms with Crippen molar-refractivity contribution in [1.29, 1.82) is 0 Å². The van der Waals surface area contributed by atoms with Crippen molar-refractivity contribution in [1.82, 2.24) is 9.97 Å². The van der Waals surface area contributed by atoms with E-state index in [2.05, 4.69) is 9.97 Å². The van der Waals surface area contributed by atoms with Gasteiger partial charge >= 0.3 is 5.97 Å². The molecule has 0 fully saturated rings. The summed E-state index contributed by atoms with van der Waals surface area (Å²) in [6, 6.07) is 0. The van der Waals surface area contributed by atoms with Crippen LogP contribution in [0.3, 0.4) is 0 Å². The van der Waals surface area contributed by atoms with Crippen molar-refractivity contribution in [3.8, 4) is 0 Å². The van der Waals surface area contributed by atoms with E-state index in [1.807, 2.05) is 13.8 Å². The zero-order chi connectivity index (χ0) is 10.7. The van der Waals surface area contributed by atoms with E-state index in [-0.39, 0.29) is 5.69 Å². The fourth-order valence-corrected chi connectivity index (χ4v) is 1.16. The highest BCUT2D eigenvalue weighted by Crippen LogP contribution is 2.07. The molecule has 14 heavy (non-hydrogen) atoms. The topological polar surface area (TPSA) is 63.1 Å². The molecular weight excluding hydrogens is 180 g/mol. The molecule has 0 aliphatic carbocycles. The average Bonchev–Trinajstić information content (AvgIpc) is 2.07. The fourth-order valence-electron chi connectivity index (χ4n) is 1.16. The molecule has 0 bridgehead atoms. The minimum absolute atomic E-state index is 0.107. The van der Waals surface area contributed by atoms with Gasteiger partial charge in [-0.1, -0.05) is 13.8 Å². The average molecular weight is 194 g/mol. The Hall–Kier alpha value is -1.45. The quantitative estimate of drug-likeness (QED) is 0.795. The van der Waals surface area contributed by atoms with Crippen LogP contribution in [0.15, 0.2) is 6.20 Å². The normalized spacial score (nSPS) is 10.6. The Bertz CT molecular complexity index is 348. The van der Waals surface area contributed by atoms with Crippen LogP contribution in [0.1, 0.15) is 35.7 Å². The van der Waals surface area contributed by atoms with Crippen molar-refractivity contribution >= 4 is 5.97 Å². The maximum Gasteiger partial charge on any atom is 0.354 e. The van der Waals surface area contributed by atoms with Gasteiger partial charge in [0.15, 0.2) is 5.69 Å². The third kappa shape index (κ3) is 2.52. The number of aromatic nitrogens is 2. The summed E-state index contributed by atoms with van der Waals surface area (Å²) in [5.74, 6) is 0.0391. The van der Waals surface area contributed by atoms with Gasteiger partial charge in [-0.25, -0.2) is 14.8 Å². The first-order valence-electron chi connectivity index (χ1n) is 4.56. The molecule has 0 saturated carbocycles. The third-order valence-electron chi connectivity index (χ3n) is 1.82. The molecule has 4 nitrogen and oxygen atoms in total. The molecule has 4 heteroatoms. The largest absolute Gasteiger partial charge is 0.477 e. The van der Waals surface area contributed by atoms with Crippen molar-refractivity contribution in [2.45, 2.75) is 27.2 Å². The Morgan fingerprint density at radius 2 is 2.21 bits per heavy atom.